The predicted octanol–water partition coefficient (Wildman–Crippen LogP) is 4.28. The number of aromatic amines is 1. The maximum absolute atomic E-state index is 12.0. The van der Waals surface area contributed by atoms with Crippen LogP contribution >= 0.6 is 11.6 Å². The molecule has 0 saturated carbocycles. The lowest BCUT2D eigenvalue weighted by atomic mass is 10.1. The molecule has 1 aromatic heterocycles. The van der Waals surface area contributed by atoms with Gasteiger partial charge >= 0.3 is 5.97 Å². The second-order valence-corrected chi connectivity index (χ2v) is 6.13. The number of hydrogen-bond acceptors (Lipinski definition) is 5. The largest absolute Gasteiger partial charge is 0.490 e. The molecule has 0 amide bonds. The molecule has 3 rings (SSSR count). The first-order chi connectivity index (χ1) is 13.1. The predicted molar refractivity (Wildman–Crippen MR) is 103 cm³/mol. The average Bonchev–Trinajstić information content (AvgIpc) is 3.07. The molecule has 0 spiro atoms. The number of benzene rings is 2. The molecule has 0 aliphatic carbocycles. The van der Waals surface area contributed by atoms with E-state index in [0.717, 1.165) is 5.56 Å². The number of rotatable bonds is 7. The summed E-state index contributed by atoms with van der Waals surface area (Å²) in [6.07, 6.45) is 0. The Bertz CT molecular complexity index is 939. The zero-order chi connectivity index (χ0) is 19.2. The molecule has 0 fully saturated rings. The summed E-state index contributed by atoms with van der Waals surface area (Å²) >= 11 is 6.05. The van der Waals surface area contributed by atoms with Gasteiger partial charge < -0.3 is 14.2 Å². The van der Waals surface area contributed by atoms with Crippen LogP contribution in [0.3, 0.4) is 0 Å². The van der Waals surface area contributed by atoms with Crippen molar-refractivity contribution < 1.29 is 19.0 Å². The van der Waals surface area contributed by atoms with Crippen molar-refractivity contribution in [2.45, 2.75) is 6.92 Å². The number of esters is 1. The number of aryl methyl sites for hydroxylation is 1. The van der Waals surface area contributed by atoms with Gasteiger partial charge in [0.25, 0.3) is 0 Å². The Morgan fingerprint density at radius 2 is 1.89 bits per heavy atom. The monoisotopic (exact) mass is 386 g/mol. The summed E-state index contributed by atoms with van der Waals surface area (Å²) in [4.78, 5) is 12.0. The molecule has 0 aliphatic heterocycles. The lowest BCUT2D eigenvalue weighted by molar-refractivity contribution is 0.0601. The molecule has 140 valence electrons. The van der Waals surface area contributed by atoms with Crippen LogP contribution in [0.4, 0.5) is 0 Å². The molecule has 7 heteroatoms. The van der Waals surface area contributed by atoms with Crippen LogP contribution in [0.5, 0.6) is 11.5 Å². The molecular formula is C20H19ClN2O4. The molecule has 3 aromatic rings. The van der Waals surface area contributed by atoms with Crippen LogP contribution in [0.15, 0.2) is 48.5 Å². The number of carbonyl (C=O) groups is 1. The van der Waals surface area contributed by atoms with Gasteiger partial charge in [-0.25, -0.2) is 4.79 Å². The zero-order valence-electron chi connectivity index (χ0n) is 15.0. The Hall–Kier alpha value is -2.99. The van der Waals surface area contributed by atoms with Gasteiger partial charge in [0.2, 0.25) is 0 Å². The number of nitrogens with zero attached hydrogens (tertiary/aromatic N) is 1. The van der Waals surface area contributed by atoms with Crippen molar-refractivity contribution in [1.82, 2.24) is 10.2 Å². The van der Waals surface area contributed by atoms with Gasteiger partial charge in [-0.1, -0.05) is 35.9 Å². The van der Waals surface area contributed by atoms with E-state index in [1.807, 2.05) is 36.4 Å². The van der Waals surface area contributed by atoms with Crippen LogP contribution in [0.1, 0.15) is 16.1 Å². The molecule has 0 radical (unpaired) electrons. The summed E-state index contributed by atoms with van der Waals surface area (Å²) in [7, 11) is 1.34. The molecule has 0 aliphatic rings. The standard InChI is InChI=1S/C20H19ClN2O4/c1-13-18(20(24)25-2)19(23-22-13)14-6-5-7-15(12-14)26-10-11-27-17-9-4-3-8-16(17)21/h3-9,12H,10-11H2,1-2H3,(H,22,23). The van der Waals surface area contributed by atoms with Crippen LogP contribution in [-0.2, 0) is 4.74 Å². The number of halogens is 1. The molecule has 1 heterocycles. The summed E-state index contributed by atoms with van der Waals surface area (Å²) in [5.74, 6) is 0.827. The third-order valence-corrected chi connectivity index (χ3v) is 4.20. The first-order valence-electron chi connectivity index (χ1n) is 8.34. The SMILES string of the molecule is COC(=O)c1c(-c2cccc(OCCOc3ccccc3Cl)c2)n[nH]c1C. The van der Waals surface area contributed by atoms with Gasteiger partial charge in [-0.2, -0.15) is 5.10 Å². The van der Waals surface area contributed by atoms with Crippen molar-refractivity contribution in [1.29, 1.82) is 0 Å². The van der Waals surface area contributed by atoms with Gasteiger partial charge in [-0.15, -0.1) is 0 Å². The normalized spacial score (nSPS) is 10.5. The van der Waals surface area contributed by atoms with Crippen LogP contribution in [0.25, 0.3) is 11.3 Å². The molecule has 1 N–H and O–H groups in total. The lowest BCUT2D eigenvalue weighted by Gasteiger charge is -2.10. The van der Waals surface area contributed by atoms with E-state index in [0.29, 0.717) is 46.7 Å². The quantitative estimate of drug-likeness (QED) is 0.484. The highest BCUT2D eigenvalue weighted by atomic mass is 35.5. The van der Waals surface area contributed by atoms with E-state index in [1.165, 1.54) is 7.11 Å². The second-order valence-electron chi connectivity index (χ2n) is 5.72. The highest BCUT2D eigenvalue weighted by Gasteiger charge is 2.20. The van der Waals surface area contributed by atoms with Gasteiger partial charge in [0, 0.05) is 11.3 Å². The Balaban J connectivity index is 1.66. The van der Waals surface area contributed by atoms with E-state index >= 15 is 0 Å². The van der Waals surface area contributed by atoms with Crippen LogP contribution < -0.4 is 9.47 Å². The minimum Gasteiger partial charge on any atom is -0.490 e. The van der Waals surface area contributed by atoms with E-state index in [9.17, 15) is 4.79 Å². The summed E-state index contributed by atoms with van der Waals surface area (Å²) in [6, 6.07) is 14.6. The number of aromatic nitrogens is 2. The second kappa shape index (κ2) is 8.60. The Morgan fingerprint density at radius 3 is 2.67 bits per heavy atom. The Kier molecular flexibility index (Phi) is 5.98. The van der Waals surface area contributed by atoms with Gasteiger partial charge in [0.15, 0.2) is 0 Å². The highest BCUT2D eigenvalue weighted by molar-refractivity contribution is 6.32. The third-order valence-electron chi connectivity index (χ3n) is 3.89. The van der Waals surface area contributed by atoms with E-state index in [-0.39, 0.29) is 0 Å². The summed E-state index contributed by atoms with van der Waals surface area (Å²) in [5.41, 5.74) is 2.34. The maximum atomic E-state index is 12.0. The number of methoxy groups -OCH3 is 1. The maximum Gasteiger partial charge on any atom is 0.341 e. The van der Waals surface area contributed by atoms with Crippen molar-refractivity contribution in [3.63, 3.8) is 0 Å². The number of hydrogen-bond donors (Lipinski definition) is 1. The molecule has 0 atom stereocenters. The smallest absolute Gasteiger partial charge is 0.341 e. The van der Waals surface area contributed by atoms with Crippen molar-refractivity contribution in [3.05, 3.63) is 64.8 Å². The van der Waals surface area contributed by atoms with Crippen LogP contribution in [0.2, 0.25) is 5.02 Å². The summed E-state index contributed by atoms with van der Waals surface area (Å²) < 4.78 is 16.2. The van der Waals surface area contributed by atoms with Crippen LogP contribution in [-0.4, -0.2) is 36.5 Å². The molecule has 0 bridgehead atoms. The van der Waals surface area contributed by atoms with E-state index in [2.05, 4.69) is 10.2 Å². The number of nitrogens with one attached hydrogen (secondary N) is 1. The lowest BCUT2D eigenvalue weighted by Crippen LogP contribution is -2.09. The third kappa shape index (κ3) is 4.41. The number of ether oxygens (including phenoxy) is 3. The topological polar surface area (TPSA) is 73.4 Å². The van der Waals surface area contributed by atoms with E-state index < -0.39 is 5.97 Å². The fourth-order valence-corrected chi connectivity index (χ4v) is 2.79. The molecule has 6 nitrogen and oxygen atoms in total. The van der Waals surface area contributed by atoms with E-state index in [1.54, 1.807) is 19.1 Å². The van der Waals surface area contributed by atoms with Gasteiger partial charge in [0.05, 0.1) is 12.1 Å². The molecule has 27 heavy (non-hydrogen) atoms. The minimum absolute atomic E-state index is 0.345. The summed E-state index contributed by atoms with van der Waals surface area (Å²) in [6.45, 7) is 2.47. The summed E-state index contributed by atoms with van der Waals surface area (Å²) in [5, 5.41) is 7.60. The minimum atomic E-state index is -0.435. The van der Waals surface area contributed by atoms with Crippen molar-refractivity contribution in [2.75, 3.05) is 20.3 Å². The van der Waals surface area contributed by atoms with Gasteiger partial charge in [-0.05, 0) is 31.2 Å². The van der Waals surface area contributed by atoms with Gasteiger partial charge in [-0.3, -0.25) is 5.10 Å². The Labute approximate surface area is 162 Å². The molecule has 0 unspecified atom stereocenters. The zero-order valence-corrected chi connectivity index (χ0v) is 15.7. The molecule has 0 saturated heterocycles. The van der Waals surface area contributed by atoms with Crippen molar-refractivity contribution >= 4 is 17.6 Å². The first kappa shape index (κ1) is 18.8. The highest BCUT2D eigenvalue weighted by Crippen LogP contribution is 2.27. The fraction of sp³-hybridized carbons (Fsp3) is 0.200. The average molecular weight is 387 g/mol. The van der Waals surface area contributed by atoms with Gasteiger partial charge in [0.1, 0.15) is 36.0 Å². The Morgan fingerprint density at radius 1 is 1.11 bits per heavy atom. The number of para-hydroxylation sites is 1. The number of H-pyrrole nitrogens is 1. The first-order valence-corrected chi connectivity index (χ1v) is 8.71. The number of carbonyl (C=O) groups excluding carboxylic acids is 1. The van der Waals surface area contributed by atoms with Crippen molar-refractivity contribution in [2.24, 2.45) is 0 Å². The van der Waals surface area contributed by atoms with Crippen LogP contribution in [0, 0.1) is 6.92 Å². The molecule has 2 aromatic carbocycles. The van der Waals surface area contributed by atoms with E-state index in [4.69, 9.17) is 25.8 Å². The molecular weight excluding hydrogens is 368 g/mol. The van der Waals surface area contributed by atoms with Crippen molar-refractivity contribution in [3.8, 4) is 22.8 Å². The fourth-order valence-electron chi connectivity index (χ4n) is 2.60.